The molecule has 2 bridgehead atoms. The topological polar surface area (TPSA) is 127 Å². The maximum Gasteiger partial charge on any atom is 0.411 e. The minimum absolute atomic E-state index is 0.0428. The highest BCUT2D eigenvalue weighted by molar-refractivity contribution is 6.30. The summed E-state index contributed by atoms with van der Waals surface area (Å²) in [7, 11) is 1.27. The molecule has 1 aliphatic rings. The summed E-state index contributed by atoms with van der Waals surface area (Å²) in [5, 5.41) is 12.8. The van der Waals surface area contributed by atoms with Crippen molar-refractivity contribution in [1.29, 1.82) is 0 Å². The van der Waals surface area contributed by atoms with Crippen LogP contribution in [0.2, 0.25) is 5.02 Å². The fourth-order valence-electron chi connectivity index (χ4n) is 4.86. The lowest BCUT2D eigenvalue weighted by Gasteiger charge is -2.21. The number of halogens is 2. The third-order valence-corrected chi connectivity index (χ3v) is 7.33. The average molecular weight is 591 g/mol. The predicted octanol–water partition coefficient (Wildman–Crippen LogP) is 6.20. The molecule has 12 heteroatoms. The van der Waals surface area contributed by atoms with Crippen LogP contribution in [0.5, 0.6) is 0 Å². The Morgan fingerprint density at radius 2 is 2.00 bits per heavy atom. The van der Waals surface area contributed by atoms with Crippen LogP contribution in [0.1, 0.15) is 53.5 Å². The zero-order valence-corrected chi connectivity index (χ0v) is 23.7. The van der Waals surface area contributed by atoms with Crippen LogP contribution in [0.15, 0.2) is 60.9 Å². The first-order chi connectivity index (χ1) is 20.2. The quantitative estimate of drug-likeness (QED) is 0.260. The number of rotatable bonds is 4. The number of nitrogens with zero attached hydrogens (tertiary/aromatic N) is 3. The van der Waals surface area contributed by atoms with Crippen LogP contribution in [0.4, 0.5) is 20.6 Å². The van der Waals surface area contributed by atoms with Crippen LogP contribution in [0.3, 0.4) is 0 Å². The SMILES string of the molecule is COC(=O)Nc1ccc2c(c1)NC(=O)CCCCC(NC(=O)c1cnn(-c3cccc(Cl)c3F)c1C)c1cc-2ccn1. The molecule has 1 unspecified atom stereocenters. The zero-order chi connectivity index (χ0) is 29.8. The Morgan fingerprint density at radius 3 is 2.81 bits per heavy atom. The van der Waals surface area contributed by atoms with Crippen LogP contribution in [-0.4, -0.2) is 39.8 Å². The van der Waals surface area contributed by atoms with Crippen molar-refractivity contribution in [3.8, 4) is 16.8 Å². The van der Waals surface area contributed by atoms with Crippen molar-refractivity contribution < 1.29 is 23.5 Å². The van der Waals surface area contributed by atoms with Crippen molar-refractivity contribution in [2.24, 2.45) is 0 Å². The van der Waals surface area contributed by atoms with Gasteiger partial charge in [-0.25, -0.2) is 13.9 Å². The number of carbonyl (C=O) groups is 3. The van der Waals surface area contributed by atoms with Crippen LogP contribution in [0, 0.1) is 12.7 Å². The van der Waals surface area contributed by atoms with Crippen molar-refractivity contribution in [2.45, 2.75) is 38.6 Å². The molecule has 1 atom stereocenters. The molecule has 216 valence electrons. The van der Waals surface area contributed by atoms with Crippen molar-refractivity contribution in [2.75, 3.05) is 17.7 Å². The molecule has 4 aromatic rings. The lowest BCUT2D eigenvalue weighted by atomic mass is 9.98. The van der Waals surface area contributed by atoms with Gasteiger partial charge in [0.15, 0.2) is 5.82 Å². The van der Waals surface area contributed by atoms with E-state index in [1.165, 1.54) is 30.1 Å². The van der Waals surface area contributed by atoms with Gasteiger partial charge in [-0.1, -0.05) is 30.2 Å². The summed E-state index contributed by atoms with van der Waals surface area (Å²) < 4.78 is 20.7. The van der Waals surface area contributed by atoms with E-state index in [0.29, 0.717) is 47.6 Å². The molecule has 0 spiro atoms. The number of nitrogens with one attached hydrogen (secondary N) is 3. The number of benzene rings is 2. The van der Waals surface area contributed by atoms with Gasteiger partial charge in [-0.15, -0.1) is 0 Å². The molecule has 2 aromatic heterocycles. The minimum atomic E-state index is -0.629. The number of hydrogen-bond acceptors (Lipinski definition) is 6. The number of carbonyl (C=O) groups excluding carboxylic acids is 3. The molecule has 0 fully saturated rings. The average Bonchev–Trinajstić information content (AvgIpc) is 3.36. The Kier molecular flexibility index (Phi) is 8.48. The van der Waals surface area contributed by atoms with Crippen LogP contribution in [0.25, 0.3) is 16.8 Å². The van der Waals surface area contributed by atoms with Crippen molar-refractivity contribution in [3.05, 3.63) is 88.7 Å². The lowest BCUT2D eigenvalue weighted by molar-refractivity contribution is -0.116. The summed E-state index contributed by atoms with van der Waals surface area (Å²) >= 11 is 5.95. The van der Waals surface area contributed by atoms with Crippen LogP contribution < -0.4 is 16.0 Å². The molecule has 0 radical (unpaired) electrons. The number of fused-ring (bicyclic) bond motifs is 4. The normalized spacial score (nSPS) is 15.0. The highest BCUT2D eigenvalue weighted by atomic mass is 35.5. The molecule has 5 rings (SSSR count). The molecule has 10 nitrogen and oxygen atoms in total. The Labute approximate surface area is 246 Å². The van der Waals surface area contributed by atoms with Gasteiger partial charge in [0, 0.05) is 23.9 Å². The second kappa shape index (κ2) is 12.4. The largest absolute Gasteiger partial charge is 0.453 e. The van der Waals surface area contributed by atoms with E-state index in [1.54, 1.807) is 43.5 Å². The molecule has 1 aliphatic heterocycles. The van der Waals surface area contributed by atoms with Gasteiger partial charge in [0.05, 0.1) is 47.0 Å². The second-order valence-electron chi connectivity index (χ2n) is 9.79. The fraction of sp³-hybridized carbons (Fsp3) is 0.233. The number of hydrogen-bond donors (Lipinski definition) is 3. The second-order valence-corrected chi connectivity index (χ2v) is 10.2. The first-order valence-corrected chi connectivity index (χ1v) is 13.7. The summed E-state index contributed by atoms with van der Waals surface area (Å²) in [6.07, 6.45) is 4.45. The Bertz CT molecular complexity index is 1670. The summed E-state index contributed by atoms with van der Waals surface area (Å²) in [5.74, 6) is -1.18. The molecule has 0 aliphatic carbocycles. The molecule has 2 aromatic carbocycles. The maximum absolute atomic E-state index is 14.7. The van der Waals surface area contributed by atoms with E-state index in [1.807, 2.05) is 6.07 Å². The number of methoxy groups -OCH3 is 1. The number of amides is 3. The minimum Gasteiger partial charge on any atom is -0.453 e. The fourth-order valence-corrected chi connectivity index (χ4v) is 5.03. The monoisotopic (exact) mass is 590 g/mol. The highest BCUT2D eigenvalue weighted by Gasteiger charge is 2.23. The standard InChI is InChI=1S/C30H28ClFN6O4/c1-17-21(16-34-38(17)26-8-5-6-22(31)28(26)32)29(40)37-23-7-3-4-9-27(39)36-24-15-19(35-30(41)42-2)10-11-20(24)18-12-13-33-25(23)14-18/h5-6,8,10-16,23H,3-4,7,9H2,1-2H3,(H,35,41)(H,36,39)(H,37,40). The number of pyridine rings is 1. The van der Waals surface area contributed by atoms with E-state index in [-0.39, 0.29) is 34.5 Å². The van der Waals surface area contributed by atoms with E-state index < -0.39 is 18.0 Å². The zero-order valence-electron chi connectivity index (χ0n) is 22.9. The predicted molar refractivity (Wildman–Crippen MR) is 156 cm³/mol. The Balaban J connectivity index is 1.46. The summed E-state index contributed by atoms with van der Waals surface area (Å²) in [5.41, 5.74) is 3.97. The first kappa shape index (κ1) is 28.7. The highest BCUT2D eigenvalue weighted by Crippen LogP contribution is 2.33. The molecule has 0 saturated carbocycles. The molecular formula is C30H28ClFN6O4. The van der Waals surface area contributed by atoms with Gasteiger partial charge in [0.2, 0.25) is 5.91 Å². The third-order valence-electron chi connectivity index (χ3n) is 7.04. The van der Waals surface area contributed by atoms with Gasteiger partial charge >= 0.3 is 6.09 Å². The molecule has 0 saturated heterocycles. The number of anilines is 2. The summed E-state index contributed by atoms with van der Waals surface area (Å²) in [6.45, 7) is 1.68. The van der Waals surface area contributed by atoms with Gasteiger partial charge in [-0.05, 0) is 61.7 Å². The van der Waals surface area contributed by atoms with E-state index in [4.69, 9.17) is 11.6 Å². The van der Waals surface area contributed by atoms with Crippen molar-refractivity contribution >= 4 is 40.9 Å². The van der Waals surface area contributed by atoms with E-state index >= 15 is 0 Å². The van der Waals surface area contributed by atoms with Gasteiger partial charge < -0.3 is 15.4 Å². The molecular weight excluding hydrogens is 563 g/mol. The van der Waals surface area contributed by atoms with Crippen LogP contribution >= 0.6 is 11.6 Å². The molecule has 3 N–H and O–H groups in total. The van der Waals surface area contributed by atoms with E-state index in [9.17, 15) is 18.8 Å². The maximum atomic E-state index is 14.7. The lowest BCUT2D eigenvalue weighted by Crippen LogP contribution is -2.29. The van der Waals surface area contributed by atoms with E-state index in [0.717, 1.165) is 5.56 Å². The van der Waals surface area contributed by atoms with E-state index in [2.05, 4.69) is 30.8 Å². The molecule has 42 heavy (non-hydrogen) atoms. The van der Waals surface area contributed by atoms with Crippen molar-refractivity contribution in [3.63, 3.8) is 0 Å². The molecule has 3 amide bonds. The number of aromatic nitrogens is 3. The molecule has 3 heterocycles. The van der Waals surface area contributed by atoms with Gasteiger partial charge in [0.1, 0.15) is 5.69 Å². The third kappa shape index (κ3) is 6.10. The summed E-state index contributed by atoms with van der Waals surface area (Å²) in [6, 6.07) is 12.9. The van der Waals surface area contributed by atoms with Gasteiger partial charge in [-0.3, -0.25) is 19.9 Å². The van der Waals surface area contributed by atoms with Gasteiger partial charge in [-0.2, -0.15) is 5.10 Å². The Hall–Kier alpha value is -4.77. The van der Waals surface area contributed by atoms with Crippen molar-refractivity contribution in [1.82, 2.24) is 20.1 Å². The summed E-state index contributed by atoms with van der Waals surface area (Å²) in [4.78, 5) is 42.5. The van der Waals surface area contributed by atoms with Gasteiger partial charge in [0.25, 0.3) is 5.91 Å². The Morgan fingerprint density at radius 1 is 1.17 bits per heavy atom. The number of ether oxygens (including phenoxy) is 1. The first-order valence-electron chi connectivity index (χ1n) is 13.3. The smallest absolute Gasteiger partial charge is 0.411 e. The van der Waals surface area contributed by atoms with Crippen LogP contribution in [-0.2, 0) is 9.53 Å².